The number of aliphatic carboxylic acids is 2. The molecule has 0 spiro atoms. The summed E-state index contributed by atoms with van der Waals surface area (Å²) in [6.45, 7) is 2.10. The SMILES string of the molecule is C#CCN(Cc1c(Cl)ccc2c(=O)[nH]c(C)nc12)c1ccc(C(=O)N[C@@H](CCC(=O)O)C(=O)O)cc1. The molecule has 10 nitrogen and oxygen atoms in total. The number of hydrogen-bond acceptors (Lipinski definition) is 6. The van der Waals surface area contributed by atoms with Crippen LogP contribution in [0.15, 0.2) is 41.2 Å². The van der Waals surface area contributed by atoms with Crippen LogP contribution in [0.5, 0.6) is 0 Å². The largest absolute Gasteiger partial charge is 0.481 e. The number of benzene rings is 2. The smallest absolute Gasteiger partial charge is 0.326 e. The molecule has 0 unspecified atom stereocenters. The van der Waals surface area contributed by atoms with Gasteiger partial charge in [-0.25, -0.2) is 9.78 Å². The Morgan fingerprint density at radius 2 is 1.89 bits per heavy atom. The summed E-state index contributed by atoms with van der Waals surface area (Å²) in [5.41, 5.74) is 1.64. The number of aromatic nitrogens is 2. The normalized spacial score (nSPS) is 11.5. The number of carboxylic acid groups (broad SMARTS) is 2. The molecule has 0 aliphatic heterocycles. The van der Waals surface area contributed by atoms with Crippen LogP contribution in [-0.2, 0) is 16.1 Å². The molecule has 0 bridgehead atoms. The number of carbonyl (C=O) groups excluding carboxylic acids is 1. The molecule has 36 heavy (non-hydrogen) atoms. The third-order valence-electron chi connectivity index (χ3n) is 5.42. The summed E-state index contributed by atoms with van der Waals surface area (Å²) in [5.74, 6) is -0.114. The third kappa shape index (κ3) is 6.20. The number of amides is 1. The van der Waals surface area contributed by atoms with Gasteiger partial charge in [-0.2, -0.15) is 0 Å². The first-order valence-corrected chi connectivity index (χ1v) is 11.2. The average molecular weight is 511 g/mol. The topological polar surface area (TPSA) is 153 Å². The summed E-state index contributed by atoms with van der Waals surface area (Å²) >= 11 is 6.46. The minimum absolute atomic E-state index is 0.188. The van der Waals surface area contributed by atoms with Crippen LogP contribution in [0.3, 0.4) is 0 Å². The van der Waals surface area contributed by atoms with Gasteiger partial charge in [0.15, 0.2) is 0 Å². The first kappa shape index (κ1) is 26.2. The fraction of sp³-hybridized carbons (Fsp3) is 0.240. The van der Waals surface area contributed by atoms with Crippen molar-refractivity contribution in [3.05, 3.63) is 68.7 Å². The lowest BCUT2D eigenvalue weighted by molar-refractivity contribution is -0.140. The van der Waals surface area contributed by atoms with E-state index in [2.05, 4.69) is 21.2 Å². The van der Waals surface area contributed by atoms with Crippen molar-refractivity contribution in [1.29, 1.82) is 0 Å². The summed E-state index contributed by atoms with van der Waals surface area (Å²) in [6.07, 6.45) is 4.94. The maximum absolute atomic E-state index is 12.5. The summed E-state index contributed by atoms with van der Waals surface area (Å²) in [4.78, 5) is 55.9. The maximum Gasteiger partial charge on any atom is 0.326 e. The summed E-state index contributed by atoms with van der Waals surface area (Å²) < 4.78 is 0. The highest BCUT2D eigenvalue weighted by Crippen LogP contribution is 2.27. The van der Waals surface area contributed by atoms with Crippen LogP contribution in [0.25, 0.3) is 10.9 Å². The highest BCUT2D eigenvalue weighted by atomic mass is 35.5. The van der Waals surface area contributed by atoms with Crippen molar-refractivity contribution in [3.8, 4) is 12.3 Å². The Morgan fingerprint density at radius 3 is 2.50 bits per heavy atom. The van der Waals surface area contributed by atoms with E-state index in [9.17, 15) is 24.3 Å². The molecule has 0 aliphatic rings. The van der Waals surface area contributed by atoms with Gasteiger partial charge < -0.3 is 25.4 Å². The van der Waals surface area contributed by atoms with E-state index in [0.717, 1.165) is 0 Å². The minimum atomic E-state index is -1.33. The Bertz CT molecular complexity index is 1410. The Balaban J connectivity index is 1.85. The van der Waals surface area contributed by atoms with Gasteiger partial charge in [0.25, 0.3) is 11.5 Å². The van der Waals surface area contributed by atoms with Crippen molar-refractivity contribution < 1.29 is 24.6 Å². The fourth-order valence-electron chi connectivity index (χ4n) is 3.63. The highest BCUT2D eigenvalue weighted by Gasteiger charge is 2.22. The molecular formula is C25H23ClN4O6. The van der Waals surface area contributed by atoms with E-state index < -0.39 is 30.3 Å². The lowest BCUT2D eigenvalue weighted by atomic mass is 10.1. The van der Waals surface area contributed by atoms with E-state index in [1.165, 1.54) is 12.1 Å². The van der Waals surface area contributed by atoms with Crippen molar-refractivity contribution in [3.63, 3.8) is 0 Å². The lowest BCUT2D eigenvalue weighted by Crippen LogP contribution is -2.41. The van der Waals surface area contributed by atoms with Crippen molar-refractivity contribution in [2.75, 3.05) is 11.4 Å². The second kappa shape index (κ2) is 11.4. The van der Waals surface area contributed by atoms with Gasteiger partial charge in [-0.15, -0.1) is 6.42 Å². The molecule has 1 aromatic heterocycles. The number of fused-ring (bicyclic) bond motifs is 1. The molecule has 4 N–H and O–H groups in total. The lowest BCUT2D eigenvalue weighted by Gasteiger charge is -2.24. The molecule has 0 radical (unpaired) electrons. The van der Waals surface area contributed by atoms with Crippen LogP contribution in [0, 0.1) is 19.3 Å². The van der Waals surface area contributed by atoms with E-state index in [1.54, 1.807) is 31.2 Å². The molecule has 0 fully saturated rings. The van der Waals surface area contributed by atoms with Crippen molar-refractivity contribution >= 4 is 46.0 Å². The maximum atomic E-state index is 12.5. The predicted molar refractivity (Wildman–Crippen MR) is 134 cm³/mol. The van der Waals surface area contributed by atoms with Crippen LogP contribution in [0.4, 0.5) is 5.69 Å². The van der Waals surface area contributed by atoms with E-state index in [1.807, 2.05) is 4.90 Å². The zero-order chi connectivity index (χ0) is 26.4. The van der Waals surface area contributed by atoms with Gasteiger partial charge in [0.05, 0.1) is 17.4 Å². The van der Waals surface area contributed by atoms with Crippen molar-refractivity contribution in [2.24, 2.45) is 0 Å². The van der Waals surface area contributed by atoms with Gasteiger partial charge in [-0.1, -0.05) is 17.5 Å². The number of nitrogens with one attached hydrogen (secondary N) is 2. The Morgan fingerprint density at radius 1 is 1.19 bits per heavy atom. The molecule has 1 heterocycles. The molecule has 3 rings (SSSR count). The Labute approximate surface area is 210 Å². The fourth-order valence-corrected chi connectivity index (χ4v) is 3.84. The van der Waals surface area contributed by atoms with Gasteiger partial charge in [-0.05, 0) is 49.7 Å². The van der Waals surface area contributed by atoms with Crippen LogP contribution >= 0.6 is 11.6 Å². The molecule has 186 valence electrons. The average Bonchev–Trinajstić information content (AvgIpc) is 2.82. The van der Waals surface area contributed by atoms with Crippen LogP contribution in [0.2, 0.25) is 5.02 Å². The molecular weight excluding hydrogens is 488 g/mol. The monoisotopic (exact) mass is 510 g/mol. The number of halogens is 1. The van der Waals surface area contributed by atoms with Gasteiger partial charge in [0, 0.05) is 34.8 Å². The number of aromatic amines is 1. The molecule has 11 heteroatoms. The van der Waals surface area contributed by atoms with Crippen molar-refractivity contribution in [1.82, 2.24) is 15.3 Å². The van der Waals surface area contributed by atoms with E-state index in [0.29, 0.717) is 33.0 Å². The summed E-state index contributed by atoms with van der Waals surface area (Å²) in [6, 6.07) is 8.18. The number of terminal acetylenes is 1. The molecule has 2 aromatic carbocycles. The van der Waals surface area contributed by atoms with Gasteiger partial charge in [0.2, 0.25) is 0 Å². The first-order valence-electron chi connectivity index (χ1n) is 10.8. The molecule has 1 amide bonds. The quantitative estimate of drug-likeness (QED) is 0.304. The van der Waals surface area contributed by atoms with E-state index in [-0.39, 0.29) is 30.6 Å². The number of rotatable bonds is 10. The molecule has 1 atom stereocenters. The van der Waals surface area contributed by atoms with Crippen LogP contribution < -0.4 is 15.8 Å². The number of H-pyrrole nitrogens is 1. The van der Waals surface area contributed by atoms with Gasteiger partial charge >= 0.3 is 11.9 Å². The first-order chi connectivity index (χ1) is 17.1. The number of aryl methyl sites for hydroxylation is 1. The number of anilines is 1. The second-order valence-corrected chi connectivity index (χ2v) is 8.38. The molecule has 3 aromatic rings. The standard InChI is InChI=1S/C25H23ClN4O6/c1-3-12-30(13-18-19(26)9-8-17-22(18)27-14(2)28-24(17)34)16-6-4-15(5-7-16)23(33)29-20(25(35)36)10-11-21(31)32/h1,4-9,20H,10-13H2,2H3,(H,29,33)(H,31,32)(H,35,36)(H,27,28,34)/t20-/m0/s1. The molecule has 0 saturated heterocycles. The number of hydrogen-bond donors (Lipinski definition) is 4. The van der Waals surface area contributed by atoms with Gasteiger partial charge in [-0.3, -0.25) is 14.4 Å². The summed E-state index contributed by atoms with van der Waals surface area (Å²) in [5, 5.41) is 21.2. The number of carbonyl (C=O) groups is 3. The Kier molecular flexibility index (Phi) is 8.30. The number of nitrogens with zero attached hydrogens (tertiary/aromatic N) is 2. The van der Waals surface area contributed by atoms with E-state index >= 15 is 0 Å². The number of carboxylic acids is 2. The molecule has 0 aliphatic carbocycles. The van der Waals surface area contributed by atoms with Crippen LogP contribution in [0.1, 0.15) is 34.6 Å². The summed E-state index contributed by atoms with van der Waals surface area (Å²) in [7, 11) is 0. The molecule has 0 saturated carbocycles. The van der Waals surface area contributed by atoms with Crippen LogP contribution in [-0.4, -0.2) is 50.6 Å². The third-order valence-corrected chi connectivity index (χ3v) is 5.77. The van der Waals surface area contributed by atoms with Gasteiger partial charge in [0.1, 0.15) is 11.9 Å². The minimum Gasteiger partial charge on any atom is -0.481 e. The second-order valence-electron chi connectivity index (χ2n) is 7.98. The van der Waals surface area contributed by atoms with E-state index in [4.69, 9.17) is 23.1 Å². The highest BCUT2D eigenvalue weighted by molar-refractivity contribution is 6.32. The Hall–Kier alpha value is -4.36. The zero-order valence-electron chi connectivity index (χ0n) is 19.2. The zero-order valence-corrected chi connectivity index (χ0v) is 20.0. The van der Waals surface area contributed by atoms with Crippen molar-refractivity contribution in [2.45, 2.75) is 32.4 Å². The predicted octanol–water partition coefficient (Wildman–Crippen LogP) is 2.57.